The molecule has 1 aromatic heterocycles. The molecule has 0 radical (unpaired) electrons. The Bertz CT molecular complexity index is 600. The van der Waals surface area contributed by atoms with E-state index in [2.05, 4.69) is 10.6 Å². The number of hydrogen-bond acceptors (Lipinski definition) is 4. The maximum Gasteiger partial charge on any atom is 0.135 e. The van der Waals surface area contributed by atoms with E-state index in [0.717, 1.165) is 30.2 Å². The first-order valence-electron chi connectivity index (χ1n) is 7.20. The monoisotopic (exact) mass is 342 g/mol. The average molecular weight is 343 g/mol. The lowest BCUT2D eigenvalue weighted by molar-refractivity contribution is 0.191. The SMILES string of the molecule is C[C@H](O)CNCCNCc1ccc(-c2ccc(Cl)cc2Cl)o1. The first-order valence-corrected chi connectivity index (χ1v) is 7.95. The Morgan fingerprint density at radius 2 is 1.91 bits per heavy atom. The summed E-state index contributed by atoms with van der Waals surface area (Å²) < 4.78 is 5.78. The standard InChI is InChI=1S/C16H20Cl2N2O2/c1-11(21)9-19-6-7-20-10-13-3-5-16(22-13)14-4-2-12(17)8-15(14)18/h2-5,8,11,19-21H,6-7,9-10H2,1H3/t11-/m0/s1. The number of furan rings is 1. The van der Waals surface area contributed by atoms with Gasteiger partial charge in [-0.25, -0.2) is 0 Å². The van der Waals surface area contributed by atoms with Crippen LogP contribution in [-0.4, -0.2) is 30.8 Å². The molecule has 0 saturated carbocycles. The maximum absolute atomic E-state index is 9.12. The smallest absolute Gasteiger partial charge is 0.135 e. The van der Waals surface area contributed by atoms with Crippen molar-refractivity contribution in [3.05, 3.63) is 46.1 Å². The third-order valence-corrected chi connectivity index (χ3v) is 3.62. The van der Waals surface area contributed by atoms with Crippen molar-refractivity contribution >= 4 is 23.2 Å². The average Bonchev–Trinajstić information content (AvgIpc) is 2.91. The van der Waals surface area contributed by atoms with Crippen molar-refractivity contribution in [2.45, 2.75) is 19.6 Å². The molecule has 0 amide bonds. The zero-order valence-corrected chi connectivity index (χ0v) is 13.9. The minimum Gasteiger partial charge on any atom is -0.460 e. The van der Waals surface area contributed by atoms with Gasteiger partial charge in [-0.1, -0.05) is 23.2 Å². The predicted octanol–water partition coefficient (Wildman–Crippen LogP) is 3.31. The van der Waals surface area contributed by atoms with E-state index in [0.29, 0.717) is 23.1 Å². The molecule has 3 N–H and O–H groups in total. The fraction of sp³-hybridized carbons (Fsp3) is 0.375. The van der Waals surface area contributed by atoms with Crippen LogP contribution in [0.5, 0.6) is 0 Å². The van der Waals surface area contributed by atoms with E-state index in [9.17, 15) is 0 Å². The zero-order valence-electron chi connectivity index (χ0n) is 12.4. The van der Waals surface area contributed by atoms with Crippen LogP contribution in [0.1, 0.15) is 12.7 Å². The summed E-state index contributed by atoms with van der Waals surface area (Å²) >= 11 is 12.1. The maximum atomic E-state index is 9.12. The van der Waals surface area contributed by atoms with E-state index in [-0.39, 0.29) is 6.10 Å². The Labute approximate surface area is 140 Å². The third kappa shape index (κ3) is 5.30. The first kappa shape index (κ1) is 17.3. The van der Waals surface area contributed by atoms with Crippen LogP contribution in [0.4, 0.5) is 0 Å². The lowest BCUT2D eigenvalue weighted by Gasteiger charge is -2.07. The highest BCUT2D eigenvalue weighted by atomic mass is 35.5. The van der Waals surface area contributed by atoms with Crippen LogP contribution in [0, 0.1) is 0 Å². The van der Waals surface area contributed by atoms with Crippen molar-refractivity contribution in [2.24, 2.45) is 0 Å². The van der Waals surface area contributed by atoms with Crippen molar-refractivity contribution in [3.63, 3.8) is 0 Å². The predicted molar refractivity (Wildman–Crippen MR) is 90.4 cm³/mol. The molecular weight excluding hydrogens is 323 g/mol. The van der Waals surface area contributed by atoms with Crippen molar-refractivity contribution in [2.75, 3.05) is 19.6 Å². The lowest BCUT2D eigenvalue weighted by Crippen LogP contribution is -2.31. The van der Waals surface area contributed by atoms with Crippen LogP contribution in [-0.2, 0) is 6.54 Å². The molecule has 2 rings (SSSR count). The molecule has 0 saturated heterocycles. The van der Waals surface area contributed by atoms with Gasteiger partial charge in [0.1, 0.15) is 11.5 Å². The van der Waals surface area contributed by atoms with Gasteiger partial charge in [-0.15, -0.1) is 0 Å². The van der Waals surface area contributed by atoms with Gasteiger partial charge >= 0.3 is 0 Å². The summed E-state index contributed by atoms with van der Waals surface area (Å²) in [6.45, 7) is 4.59. The van der Waals surface area contributed by atoms with Gasteiger partial charge in [-0.2, -0.15) is 0 Å². The zero-order chi connectivity index (χ0) is 15.9. The molecule has 22 heavy (non-hydrogen) atoms. The summed E-state index contributed by atoms with van der Waals surface area (Å²) in [5, 5.41) is 16.7. The van der Waals surface area contributed by atoms with Gasteiger partial charge in [0.05, 0.1) is 17.7 Å². The molecule has 1 aromatic carbocycles. The Morgan fingerprint density at radius 1 is 1.14 bits per heavy atom. The van der Waals surface area contributed by atoms with Gasteiger partial charge in [-0.3, -0.25) is 0 Å². The summed E-state index contributed by atoms with van der Waals surface area (Å²) in [5.41, 5.74) is 0.830. The number of rotatable bonds is 8. The minimum atomic E-state index is -0.322. The number of aliphatic hydroxyl groups excluding tert-OH is 1. The van der Waals surface area contributed by atoms with E-state index < -0.39 is 0 Å². The summed E-state index contributed by atoms with van der Waals surface area (Å²) in [4.78, 5) is 0. The van der Waals surface area contributed by atoms with Gasteiger partial charge in [0.2, 0.25) is 0 Å². The summed E-state index contributed by atoms with van der Waals surface area (Å²) in [7, 11) is 0. The highest BCUT2D eigenvalue weighted by molar-refractivity contribution is 6.36. The molecule has 6 heteroatoms. The summed E-state index contributed by atoms with van der Waals surface area (Å²) in [6.07, 6.45) is -0.322. The fourth-order valence-corrected chi connectivity index (χ4v) is 2.51. The second kappa shape index (κ2) is 8.56. The Hall–Kier alpha value is -1.04. The molecule has 0 aliphatic heterocycles. The van der Waals surface area contributed by atoms with Crippen LogP contribution in [0.25, 0.3) is 11.3 Å². The molecule has 0 aliphatic carbocycles. The molecule has 1 atom stereocenters. The van der Waals surface area contributed by atoms with Crippen LogP contribution < -0.4 is 10.6 Å². The number of hydrogen-bond donors (Lipinski definition) is 3. The second-order valence-corrected chi connectivity index (χ2v) is 5.96. The molecule has 0 fully saturated rings. The largest absolute Gasteiger partial charge is 0.460 e. The van der Waals surface area contributed by atoms with E-state index in [1.165, 1.54) is 0 Å². The topological polar surface area (TPSA) is 57.4 Å². The lowest BCUT2D eigenvalue weighted by atomic mass is 10.2. The molecule has 4 nitrogen and oxygen atoms in total. The number of nitrogens with one attached hydrogen (secondary N) is 2. The molecule has 0 unspecified atom stereocenters. The normalized spacial score (nSPS) is 12.5. The Kier molecular flexibility index (Phi) is 6.73. The van der Waals surface area contributed by atoms with Crippen molar-refractivity contribution in [1.82, 2.24) is 10.6 Å². The molecule has 0 bridgehead atoms. The minimum absolute atomic E-state index is 0.322. The van der Waals surface area contributed by atoms with Gasteiger partial charge in [0, 0.05) is 30.2 Å². The van der Waals surface area contributed by atoms with E-state index >= 15 is 0 Å². The Balaban J connectivity index is 1.81. The van der Waals surface area contributed by atoms with Gasteiger partial charge in [-0.05, 0) is 37.3 Å². The number of aliphatic hydroxyl groups is 1. The summed E-state index contributed by atoms with van der Waals surface area (Å²) in [5.74, 6) is 1.57. The van der Waals surface area contributed by atoms with Gasteiger partial charge in [0.25, 0.3) is 0 Å². The van der Waals surface area contributed by atoms with Crippen LogP contribution in [0.3, 0.4) is 0 Å². The third-order valence-electron chi connectivity index (χ3n) is 3.08. The van der Waals surface area contributed by atoms with E-state index in [1.807, 2.05) is 18.2 Å². The highest BCUT2D eigenvalue weighted by Crippen LogP contribution is 2.31. The van der Waals surface area contributed by atoms with Crippen LogP contribution in [0.15, 0.2) is 34.7 Å². The number of benzene rings is 1. The second-order valence-electron chi connectivity index (χ2n) is 5.12. The molecule has 0 spiro atoms. The fourth-order valence-electron chi connectivity index (χ4n) is 2.01. The molecule has 0 aliphatic rings. The molecule has 120 valence electrons. The van der Waals surface area contributed by atoms with Crippen molar-refractivity contribution < 1.29 is 9.52 Å². The van der Waals surface area contributed by atoms with Crippen LogP contribution >= 0.6 is 23.2 Å². The molecule has 2 aromatic rings. The van der Waals surface area contributed by atoms with E-state index in [1.54, 1.807) is 19.1 Å². The quantitative estimate of drug-likeness (QED) is 0.644. The molecular formula is C16H20Cl2N2O2. The van der Waals surface area contributed by atoms with Crippen molar-refractivity contribution in [3.8, 4) is 11.3 Å². The first-order chi connectivity index (χ1) is 10.6. The van der Waals surface area contributed by atoms with Crippen molar-refractivity contribution in [1.29, 1.82) is 0 Å². The van der Waals surface area contributed by atoms with Crippen LogP contribution in [0.2, 0.25) is 10.0 Å². The Morgan fingerprint density at radius 3 is 2.64 bits per heavy atom. The summed E-state index contributed by atoms with van der Waals surface area (Å²) in [6, 6.07) is 9.17. The highest BCUT2D eigenvalue weighted by Gasteiger charge is 2.09. The van der Waals surface area contributed by atoms with Gasteiger partial charge in [0.15, 0.2) is 0 Å². The van der Waals surface area contributed by atoms with Gasteiger partial charge < -0.3 is 20.2 Å². The molecule has 1 heterocycles. The van der Waals surface area contributed by atoms with E-state index in [4.69, 9.17) is 32.7 Å². The number of halogens is 2.